The number of hydrogen-bond acceptors (Lipinski definition) is 9. The molecule has 9 heteroatoms. The minimum Gasteiger partial charge on any atom is -0.511 e. The molecular weight excluding hydrogens is 544 g/mol. The quantitative estimate of drug-likeness (QED) is 0.327. The highest BCUT2D eigenvalue weighted by molar-refractivity contribution is 6.21. The second-order valence-corrected chi connectivity index (χ2v) is 11.8. The maximum atomic E-state index is 12.2. The van der Waals surface area contributed by atoms with Crippen molar-refractivity contribution >= 4 is 23.1 Å². The first kappa shape index (κ1) is 29.0. The molecule has 1 saturated heterocycles. The van der Waals surface area contributed by atoms with E-state index in [2.05, 4.69) is 19.2 Å². The van der Waals surface area contributed by atoms with Crippen molar-refractivity contribution in [2.75, 3.05) is 20.3 Å². The largest absolute Gasteiger partial charge is 0.511 e. The smallest absolute Gasteiger partial charge is 0.305 e. The number of aliphatic hydroxyl groups is 3. The van der Waals surface area contributed by atoms with Crippen LogP contribution in [0.5, 0.6) is 0 Å². The first-order valence-electron chi connectivity index (χ1n) is 14.9. The Kier molecular flexibility index (Phi) is 7.34. The molecule has 1 aliphatic carbocycles. The molecule has 0 unspecified atom stereocenters. The minimum absolute atomic E-state index is 0.104. The van der Waals surface area contributed by atoms with E-state index in [-0.39, 0.29) is 43.2 Å². The van der Waals surface area contributed by atoms with Crippen LogP contribution in [0, 0.1) is 11.8 Å². The number of rotatable bonds is 6. The summed E-state index contributed by atoms with van der Waals surface area (Å²) in [7, 11) is 1.39. The molecule has 0 amide bonds. The summed E-state index contributed by atoms with van der Waals surface area (Å²) in [5, 5.41) is 36.1. The monoisotopic (exact) mass is 582 g/mol. The van der Waals surface area contributed by atoms with Gasteiger partial charge < -0.3 is 25.4 Å². The fourth-order valence-electron chi connectivity index (χ4n) is 7.16. The lowest BCUT2D eigenvalue weighted by Gasteiger charge is -2.18. The van der Waals surface area contributed by atoms with Crippen LogP contribution in [0.2, 0.25) is 0 Å². The molecule has 5 heterocycles. The SMILES string of the molecule is CCC1=C(C)C2=NC1=CC1=C(C)C3=C(O)CC(=C4NC(=C(CO)C5=NC(=C2)C(CO)=C5C)[C@@H](C)[C@@H]4CCC(=O)OC)C3=N1. The number of aliphatic imine (C=N–C) groups is 3. The van der Waals surface area contributed by atoms with Gasteiger partial charge >= 0.3 is 5.97 Å². The van der Waals surface area contributed by atoms with Crippen molar-refractivity contribution < 1.29 is 24.9 Å². The van der Waals surface area contributed by atoms with Gasteiger partial charge in [-0.2, -0.15) is 0 Å². The van der Waals surface area contributed by atoms with Crippen LogP contribution >= 0.6 is 0 Å². The van der Waals surface area contributed by atoms with Crippen molar-refractivity contribution in [2.24, 2.45) is 26.8 Å². The molecular formula is C34H38N4O5. The van der Waals surface area contributed by atoms with E-state index >= 15 is 0 Å². The minimum atomic E-state index is -0.292. The zero-order valence-electron chi connectivity index (χ0n) is 25.6. The summed E-state index contributed by atoms with van der Waals surface area (Å²) in [6.07, 6.45) is 5.76. The van der Waals surface area contributed by atoms with Crippen molar-refractivity contribution in [3.63, 3.8) is 0 Å². The standard InChI is InChI=1S/C34H38N4O5/c1-7-19-15(2)24-11-27-22(13-39)17(4)31(37-27)23(14-40)32-16(3)20(8-9-29(42)43-6)33(38-32)21-10-28(41)30-18(5)25(36-34(21)30)12-26(19)35-24/h11-12,16,20,38-41H,7-10,13-14H2,1-6H3/t16-,20-/m0/s1. The molecule has 6 aliphatic rings. The van der Waals surface area contributed by atoms with E-state index in [4.69, 9.17) is 19.7 Å². The van der Waals surface area contributed by atoms with E-state index in [1.807, 2.05) is 32.9 Å². The number of aliphatic hydroxyl groups excluding tert-OH is 3. The Labute approximate surface area is 251 Å². The van der Waals surface area contributed by atoms with Gasteiger partial charge in [0.15, 0.2) is 0 Å². The predicted molar refractivity (Wildman–Crippen MR) is 166 cm³/mol. The normalized spacial score (nSPS) is 24.7. The second kappa shape index (κ2) is 10.9. The van der Waals surface area contributed by atoms with Crippen molar-refractivity contribution in [3.05, 3.63) is 91.0 Å². The lowest BCUT2D eigenvalue weighted by Crippen LogP contribution is -2.18. The van der Waals surface area contributed by atoms with Gasteiger partial charge in [0.05, 0.1) is 54.5 Å². The van der Waals surface area contributed by atoms with E-state index in [1.54, 1.807) is 0 Å². The number of nitrogens with one attached hydrogen (secondary N) is 1. The van der Waals surface area contributed by atoms with Gasteiger partial charge in [-0.05, 0) is 68.1 Å². The van der Waals surface area contributed by atoms with Gasteiger partial charge in [-0.3, -0.25) is 4.79 Å². The number of carbonyl (C=O) groups is 1. The van der Waals surface area contributed by atoms with E-state index < -0.39 is 0 Å². The zero-order chi connectivity index (χ0) is 30.7. The summed E-state index contributed by atoms with van der Waals surface area (Å²) in [6.45, 7) is 9.65. The van der Waals surface area contributed by atoms with E-state index in [1.165, 1.54) is 7.11 Å². The molecule has 0 aromatic heterocycles. The van der Waals surface area contributed by atoms with Crippen LogP contribution in [0.3, 0.4) is 0 Å². The van der Waals surface area contributed by atoms with Gasteiger partial charge in [-0.25, -0.2) is 15.0 Å². The summed E-state index contributed by atoms with van der Waals surface area (Å²) in [4.78, 5) is 27.3. The van der Waals surface area contributed by atoms with Gasteiger partial charge in [-0.1, -0.05) is 13.8 Å². The topological polar surface area (TPSA) is 136 Å². The van der Waals surface area contributed by atoms with Crippen molar-refractivity contribution in [3.8, 4) is 0 Å². The van der Waals surface area contributed by atoms with Crippen molar-refractivity contribution in [2.45, 2.75) is 60.3 Å². The lowest BCUT2D eigenvalue weighted by atomic mass is 9.85. The Morgan fingerprint density at radius 3 is 2.35 bits per heavy atom. The van der Waals surface area contributed by atoms with E-state index in [0.717, 1.165) is 74.1 Å². The summed E-state index contributed by atoms with van der Waals surface area (Å²) >= 11 is 0. The third-order valence-electron chi connectivity index (χ3n) is 9.62. The Bertz CT molecular complexity index is 1720. The molecule has 0 saturated carbocycles. The van der Waals surface area contributed by atoms with Gasteiger partial charge in [0.1, 0.15) is 5.76 Å². The maximum absolute atomic E-state index is 12.2. The van der Waals surface area contributed by atoms with Gasteiger partial charge in [0, 0.05) is 58.4 Å². The first-order valence-corrected chi connectivity index (χ1v) is 14.9. The number of allylic oxidation sites excluding steroid dienone is 10. The van der Waals surface area contributed by atoms with E-state index in [9.17, 15) is 20.1 Å². The second-order valence-electron chi connectivity index (χ2n) is 11.8. The molecule has 5 aliphatic heterocycles. The number of methoxy groups -OCH3 is 1. The van der Waals surface area contributed by atoms with Crippen LogP contribution in [0.1, 0.15) is 60.3 Å². The highest BCUT2D eigenvalue weighted by atomic mass is 16.5. The average molecular weight is 583 g/mol. The van der Waals surface area contributed by atoms with Crippen molar-refractivity contribution in [1.29, 1.82) is 0 Å². The lowest BCUT2D eigenvalue weighted by molar-refractivity contribution is -0.140. The van der Waals surface area contributed by atoms with Gasteiger partial charge in [0.25, 0.3) is 0 Å². The number of nitrogens with zero attached hydrogens (tertiary/aromatic N) is 3. The Morgan fingerprint density at radius 1 is 0.953 bits per heavy atom. The van der Waals surface area contributed by atoms with Crippen LogP contribution in [0.15, 0.2) is 106 Å². The zero-order valence-corrected chi connectivity index (χ0v) is 25.6. The molecule has 6 rings (SSSR count). The Morgan fingerprint density at radius 2 is 1.67 bits per heavy atom. The molecule has 224 valence electrons. The first-order chi connectivity index (χ1) is 20.6. The fourth-order valence-corrected chi connectivity index (χ4v) is 7.16. The fraction of sp³-hybridized carbons (Fsp3) is 0.412. The van der Waals surface area contributed by atoms with Crippen molar-refractivity contribution in [1.82, 2.24) is 5.32 Å². The van der Waals surface area contributed by atoms with Crippen LogP contribution in [-0.2, 0) is 9.53 Å². The molecule has 1 fully saturated rings. The summed E-state index contributed by atoms with van der Waals surface area (Å²) in [5.41, 5.74) is 12.8. The number of ether oxygens (including phenoxy) is 1. The van der Waals surface area contributed by atoms with E-state index in [0.29, 0.717) is 35.4 Å². The third kappa shape index (κ3) is 4.44. The highest BCUT2D eigenvalue weighted by Crippen LogP contribution is 2.47. The molecule has 4 N–H and O–H groups in total. The molecule has 8 bridgehead atoms. The molecule has 9 nitrogen and oxygen atoms in total. The van der Waals surface area contributed by atoms with Crippen LogP contribution < -0.4 is 5.32 Å². The van der Waals surface area contributed by atoms with Crippen LogP contribution in [-0.4, -0.2) is 58.7 Å². The van der Waals surface area contributed by atoms with Crippen LogP contribution in [0.25, 0.3) is 0 Å². The predicted octanol–water partition coefficient (Wildman–Crippen LogP) is 4.97. The summed E-state index contributed by atoms with van der Waals surface area (Å²) < 4.78 is 4.96. The number of carbonyl (C=O) groups excluding carboxylic acids is 1. The number of fused-ring (bicyclic) bond motifs is 5. The maximum Gasteiger partial charge on any atom is 0.305 e. The molecule has 0 aromatic rings. The van der Waals surface area contributed by atoms with Gasteiger partial charge in [-0.15, -0.1) is 0 Å². The summed E-state index contributed by atoms with van der Waals surface area (Å²) in [5.74, 6) is -0.240. The molecule has 43 heavy (non-hydrogen) atoms. The average Bonchev–Trinajstić information content (AvgIpc) is 3.74. The highest BCUT2D eigenvalue weighted by Gasteiger charge is 2.42. The summed E-state index contributed by atoms with van der Waals surface area (Å²) in [6, 6.07) is 0. The molecule has 0 aromatic carbocycles. The van der Waals surface area contributed by atoms with Gasteiger partial charge in [0.2, 0.25) is 0 Å². The number of esters is 1. The Balaban J connectivity index is 1.64. The van der Waals surface area contributed by atoms with Crippen LogP contribution in [0.4, 0.5) is 0 Å². The molecule has 2 atom stereocenters. The number of hydrogen-bond donors (Lipinski definition) is 4. The molecule has 0 radical (unpaired) electrons. The molecule has 0 spiro atoms. The Hall–Kier alpha value is -4.08. The third-order valence-corrected chi connectivity index (χ3v) is 9.62.